The molecule has 3 heterocycles. The second-order valence-electron chi connectivity index (χ2n) is 6.66. The van der Waals surface area contributed by atoms with Gasteiger partial charge in [0.1, 0.15) is 17.5 Å². The molecule has 1 saturated heterocycles. The predicted molar refractivity (Wildman–Crippen MR) is 97.6 cm³/mol. The SMILES string of the molecule is CN(Cc1nc2ccc(F)cc2[nH]1)c1nccc(N2CCC[C@@H](O)C2)n1. The quantitative estimate of drug-likeness (QED) is 0.745. The summed E-state index contributed by atoms with van der Waals surface area (Å²) in [6.07, 6.45) is 3.20. The summed E-state index contributed by atoms with van der Waals surface area (Å²) in [6.45, 7) is 1.95. The van der Waals surface area contributed by atoms with Crippen LogP contribution in [0.25, 0.3) is 11.0 Å². The first-order chi connectivity index (χ1) is 12.6. The zero-order valence-corrected chi connectivity index (χ0v) is 14.6. The molecule has 26 heavy (non-hydrogen) atoms. The lowest BCUT2D eigenvalue weighted by atomic mass is 10.1. The van der Waals surface area contributed by atoms with E-state index in [4.69, 9.17) is 0 Å². The van der Waals surface area contributed by atoms with Gasteiger partial charge in [0, 0.05) is 26.3 Å². The van der Waals surface area contributed by atoms with E-state index in [0.717, 1.165) is 36.5 Å². The second kappa shape index (κ2) is 6.87. The van der Waals surface area contributed by atoms with E-state index in [0.29, 0.717) is 24.6 Å². The van der Waals surface area contributed by atoms with Crippen molar-refractivity contribution in [3.8, 4) is 0 Å². The average Bonchev–Trinajstić information content (AvgIpc) is 3.03. The van der Waals surface area contributed by atoms with Crippen molar-refractivity contribution in [1.29, 1.82) is 0 Å². The Hall–Kier alpha value is -2.74. The number of nitrogens with one attached hydrogen (secondary N) is 1. The van der Waals surface area contributed by atoms with E-state index in [2.05, 4.69) is 24.8 Å². The van der Waals surface area contributed by atoms with Crippen LogP contribution in [0.1, 0.15) is 18.7 Å². The van der Waals surface area contributed by atoms with Crippen LogP contribution in [0.4, 0.5) is 16.2 Å². The molecule has 0 amide bonds. The number of aromatic amines is 1. The fraction of sp³-hybridized carbons (Fsp3) is 0.389. The minimum atomic E-state index is -0.309. The van der Waals surface area contributed by atoms with E-state index in [1.165, 1.54) is 12.1 Å². The van der Waals surface area contributed by atoms with Gasteiger partial charge in [-0.15, -0.1) is 0 Å². The molecule has 1 aliphatic rings. The van der Waals surface area contributed by atoms with Crippen molar-refractivity contribution in [2.24, 2.45) is 0 Å². The lowest BCUT2D eigenvalue weighted by Gasteiger charge is -2.31. The van der Waals surface area contributed by atoms with E-state index < -0.39 is 0 Å². The number of anilines is 2. The highest BCUT2D eigenvalue weighted by atomic mass is 19.1. The zero-order chi connectivity index (χ0) is 18.1. The summed E-state index contributed by atoms with van der Waals surface area (Å²) >= 11 is 0. The highest BCUT2D eigenvalue weighted by molar-refractivity contribution is 5.75. The highest BCUT2D eigenvalue weighted by Gasteiger charge is 2.20. The number of nitrogens with zero attached hydrogens (tertiary/aromatic N) is 5. The van der Waals surface area contributed by atoms with Crippen LogP contribution < -0.4 is 9.80 Å². The number of hydrogen-bond acceptors (Lipinski definition) is 6. The highest BCUT2D eigenvalue weighted by Crippen LogP contribution is 2.20. The van der Waals surface area contributed by atoms with Crippen LogP contribution in [-0.2, 0) is 6.54 Å². The molecule has 0 aliphatic carbocycles. The normalized spacial score (nSPS) is 17.7. The molecule has 3 aromatic rings. The van der Waals surface area contributed by atoms with Gasteiger partial charge >= 0.3 is 0 Å². The maximum Gasteiger partial charge on any atom is 0.227 e. The molecule has 7 nitrogen and oxygen atoms in total. The summed E-state index contributed by atoms with van der Waals surface area (Å²) in [5, 5.41) is 9.87. The van der Waals surface area contributed by atoms with Crippen LogP contribution in [-0.4, -0.2) is 51.3 Å². The third kappa shape index (κ3) is 3.45. The molecule has 0 radical (unpaired) electrons. The lowest BCUT2D eigenvalue weighted by molar-refractivity contribution is 0.154. The number of aliphatic hydroxyl groups is 1. The minimum absolute atomic E-state index is 0.291. The minimum Gasteiger partial charge on any atom is -0.391 e. The maximum atomic E-state index is 13.3. The predicted octanol–water partition coefficient (Wildman–Crippen LogP) is 2.09. The fourth-order valence-corrected chi connectivity index (χ4v) is 3.27. The Morgan fingerprint density at radius 3 is 3.08 bits per heavy atom. The van der Waals surface area contributed by atoms with Gasteiger partial charge < -0.3 is 19.9 Å². The monoisotopic (exact) mass is 356 g/mol. The Labute approximate surface area is 150 Å². The van der Waals surface area contributed by atoms with E-state index in [1.54, 1.807) is 12.3 Å². The summed E-state index contributed by atoms with van der Waals surface area (Å²) in [6, 6.07) is 6.35. The van der Waals surface area contributed by atoms with Gasteiger partial charge in [-0.25, -0.2) is 14.4 Å². The van der Waals surface area contributed by atoms with Gasteiger partial charge in [-0.3, -0.25) is 0 Å². The first-order valence-electron chi connectivity index (χ1n) is 8.70. The summed E-state index contributed by atoms with van der Waals surface area (Å²) in [5.41, 5.74) is 1.40. The van der Waals surface area contributed by atoms with Gasteiger partial charge in [-0.1, -0.05) is 0 Å². The van der Waals surface area contributed by atoms with Crippen LogP contribution in [0.5, 0.6) is 0 Å². The molecule has 0 bridgehead atoms. The summed E-state index contributed by atoms with van der Waals surface area (Å²) in [4.78, 5) is 20.5. The topological polar surface area (TPSA) is 81.2 Å². The molecule has 136 valence electrons. The third-order valence-electron chi connectivity index (χ3n) is 4.57. The molecule has 1 aliphatic heterocycles. The number of aromatic nitrogens is 4. The Morgan fingerprint density at radius 2 is 2.23 bits per heavy atom. The van der Waals surface area contributed by atoms with Crippen LogP contribution in [0.3, 0.4) is 0 Å². The fourth-order valence-electron chi connectivity index (χ4n) is 3.27. The van der Waals surface area contributed by atoms with E-state index in [9.17, 15) is 9.50 Å². The third-order valence-corrected chi connectivity index (χ3v) is 4.57. The molecule has 2 N–H and O–H groups in total. The number of fused-ring (bicyclic) bond motifs is 1. The van der Waals surface area contributed by atoms with Crippen molar-refractivity contribution >= 4 is 22.8 Å². The number of H-pyrrole nitrogens is 1. The van der Waals surface area contributed by atoms with Gasteiger partial charge in [0.15, 0.2) is 0 Å². The van der Waals surface area contributed by atoms with Crippen molar-refractivity contribution in [2.75, 3.05) is 29.9 Å². The second-order valence-corrected chi connectivity index (χ2v) is 6.66. The molecule has 0 unspecified atom stereocenters. The van der Waals surface area contributed by atoms with Crippen LogP contribution in [0.15, 0.2) is 30.5 Å². The van der Waals surface area contributed by atoms with Crippen LogP contribution in [0, 0.1) is 5.82 Å². The van der Waals surface area contributed by atoms with Crippen molar-refractivity contribution in [2.45, 2.75) is 25.5 Å². The zero-order valence-electron chi connectivity index (χ0n) is 14.6. The Bertz CT molecular complexity index is 914. The first kappa shape index (κ1) is 16.7. The van der Waals surface area contributed by atoms with Crippen molar-refractivity contribution < 1.29 is 9.50 Å². The van der Waals surface area contributed by atoms with Gasteiger partial charge in [-0.2, -0.15) is 4.98 Å². The molecule has 8 heteroatoms. The number of hydrogen-bond donors (Lipinski definition) is 2. The molecular formula is C18H21FN6O. The number of imidazole rings is 1. The molecule has 1 atom stereocenters. The number of benzene rings is 1. The molecule has 1 fully saturated rings. The number of halogens is 1. The van der Waals surface area contributed by atoms with Crippen LogP contribution >= 0.6 is 0 Å². The average molecular weight is 356 g/mol. The lowest BCUT2D eigenvalue weighted by Crippen LogP contribution is -2.38. The van der Waals surface area contributed by atoms with Crippen molar-refractivity contribution in [1.82, 2.24) is 19.9 Å². The summed E-state index contributed by atoms with van der Waals surface area (Å²) < 4.78 is 13.3. The van der Waals surface area contributed by atoms with Gasteiger partial charge in [0.25, 0.3) is 0 Å². The van der Waals surface area contributed by atoms with Gasteiger partial charge in [0.2, 0.25) is 5.95 Å². The summed E-state index contributed by atoms with van der Waals surface area (Å²) in [5.74, 6) is 1.82. The van der Waals surface area contributed by atoms with Crippen molar-refractivity contribution in [3.63, 3.8) is 0 Å². The molecule has 4 rings (SSSR count). The maximum absolute atomic E-state index is 13.3. The largest absolute Gasteiger partial charge is 0.391 e. The van der Waals surface area contributed by atoms with Crippen molar-refractivity contribution in [3.05, 3.63) is 42.1 Å². The van der Waals surface area contributed by atoms with Gasteiger partial charge in [0.05, 0.1) is 23.7 Å². The standard InChI is InChI=1S/C18H21FN6O/c1-24(11-16-21-14-5-4-12(19)9-15(14)22-16)18-20-7-6-17(23-18)25-8-2-3-13(26)10-25/h4-7,9,13,26H,2-3,8,10-11H2,1H3,(H,21,22)/t13-/m1/s1. The van der Waals surface area contributed by atoms with Crippen LogP contribution in [0.2, 0.25) is 0 Å². The Morgan fingerprint density at radius 1 is 1.35 bits per heavy atom. The number of piperidine rings is 1. The molecule has 1 aromatic carbocycles. The summed E-state index contributed by atoms with van der Waals surface area (Å²) in [7, 11) is 1.89. The Balaban J connectivity index is 1.52. The van der Waals surface area contributed by atoms with E-state index >= 15 is 0 Å². The van der Waals surface area contributed by atoms with E-state index in [-0.39, 0.29) is 11.9 Å². The number of β-amino-alcohol motifs (C(OH)–C–C–N with tert-alkyl or cyclic N) is 1. The molecule has 0 saturated carbocycles. The number of rotatable bonds is 4. The first-order valence-corrected chi connectivity index (χ1v) is 8.70. The smallest absolute Gasteiger partial charge is 0.227 e. The molecular weight excluding hydrogens is 335 g/mol. The molecule has 0 spiro atoms. The van der Waals surface area contributed by atoms with Gasteiger partial charge in [-0.05, 0) is 37.1 Å². The molecule has 2 aromatic heterocycles. The van der Waals surface area contributed by atoms with E-state index in [1.807, 2.05) is 18.0 Å². The Kier molecular flexibility index (Phi) is 4.42. The number of aliphatic hydroxyl groups excluding tert-OH is 1.